The van der Waals surface area contributed by atoms with E-state index in [1.807, 2.05) is 0 Å². The van der Waals surface area contributed by atoms with Crippen LogP contribution in [0.4, 0.5) is 0 Å². The fourth-order valence-corrected chi connectivity index (χ4v) is 0.807. The average molecular weight is 163 g/mol. The van der Waals surface area contributed by atoms with Crippen molar-refractivity contribution in [2.24, 2.45) is 0 Å². The van der Waals surface area contributed by atoms with Crippen LogP contribution in [0.15, 0.2) is 18.3 Å². The molecule has 1 N–H and O–H groups in total. The molecular weight excluding hydrogens is 154 g/mol. The molecule has 3 nitrogen and oxygen atoms in total. The second kappa shape index (κ2) is 3.67. The van der Waals surface area contributed by atoms with E-state index in [2.05, 4.69) is 4.98 Å². The van der Waals surface area contributed by atoms with Gasteiger partial charge < -0.3 is 4.98 Å². The van der Waals surface area contributed by atoms with Gasteiger partial charge in [-0.05, 0) is 30.7 Å². The lowest BCUT2D eigenvalue weighted by atomic mass is 10.2. The van der Waals surface area contributed by atoms with E-state index in [1.165, 1.54) is 13.0 Å². The van der Waals surface area contributed by atoms with Crippen LogP contribution < -0.4 is 0 Å². The highest BCUT2D eigenvalue weighted by Crippen LogP contribution is 2.03. The number of ketones is 1. The van der Waals surface area contributed by atoms with Gasteiger partial charge in [0.2, 0.25) is 0 Å². The van der Waals surface area contributed by atoms with Gasteiger partial charge in [0, 0.05) is 6.20 Å². The molecule has 0 aliphatic carbocycles. The monoisotopic (exact) mass is 163 g/mol. The fraction of sp³-hybridized carbons (Fsp3) is 0.111. The van der Waals surface area contributed by atoms with Gasteiger partial charge in [0.25, 0.3) is 0 Å². The molecule has 0 aliphatic heterocycles. The van der Waals surface area contributed by atoms with E-state index < -0.39 is 0 Å². The minimum absolute atomic E-state index is 0.0103. The second-order valence-corrected chi connectivity index (χ2v) is 2.45. The molecule has 0 bridgehead atoms. The zero-order chi connectivity index (χ0) is 8.97. The standard InChI is InChI=1S/C9H9NO2/c1-7(12)2-3-8-4-9(6-11)10-5-8/h2-6,10H,1H3/b3-2+. The summed E-state index contributed by atoms with van der Waals surface area (Å²) in [5.74, 6) is -0.0103. The SMILES string of the molecule is CC(=O)/C=C/c1c[nH]c(C=O)c1. The molecule has 1 aromatic heterocycles. The van der Waals surface area contributed by atoms with Crippen LogP contribution in [-0.4, -0.2) is 17.1 Å². The summed E-state index contributed by atoms with van der Waals surface area (Å²) in [5, 5.41) is 0. The number of aromatic amines is 1. The number of aromatic nitrogens is 1. The quantitative estimate of drug-likeness (QED) is 0.541. The molecule has 0 aliphatic rings. The van der Waals surface area contributed by atoms with Crippen molar-refractivity contribution in [2.45, 2.75) is 6.92 Å². The molecule has 0 saturated carbocycles. The Morgan fingerprint density at radius 2 is 2.33 bits per heavy atom. The molecule has 1 heterocycles. The third kappa shape index (κ3) is 2.20. The van der Waals surface area contributed by atoms with Crippen molar-refractivity contribution in [3.63, 3.8) is 0 Å². The first-order chi connectivity index (χ1) is 5.72. The largest absolute Gasteiger partial charge is 0.358 e. The Hall–Kier alpha value is -1.64. The van der Waals surface area contributed by atoms with Crippen LogP contribution in [0.1, 0.15) is 23.0 Å². The van der Waals surface area contributed by atoms with Gasteiger partial charge >= 0.3 is 0 Å². The Labute approximate surface area is 70.1 Å². The Balaban J connectivity index is 2.76. The van der Waals surface area contributed by atoms with Crippen LogP contribution in [-0.2, 0) is 4.79 Å². The van der Waals surface area contributed by atoms with E-state index in [4.69, 9.17) is 0 Å². The fourth-order valence-electron chi connectivity index (χ4n) is 0.807. The molecule has 0 aromatic carbocycles. The summed E-state index contributed by atoms with van der Waals surface area (Å²) in [7, 11) is 0. The Morgan fingerprint density at radius 3 is 2.83 bits per heavy atom. The van der Waals surface area contributed by atoms with Crippen LogP contribution in [0.2, 0.25) is 0 Å². The number of aldehydes is 1. The van der Waals surface area contributed by atoms with Crippen LogP contribution in [0.3, 0.4) is 0 Å². The lowest BCUT2D eigenvalue weighted by molar-refractivity contribution is -0.112. The van der Waals surface area contributed by atoms with Crippen molar-refractivity contribution in [1.29, 1.82) is 0 Å². The molecule has 0 spiro atoms. The van der Waals surface area contributed by atoms with E-state index in [9.17, 15) is 9.59 Å². The molecule has 0 radical (unpaired) electrons. The van der Waals surface area contributed by atoms with Crippen molar-refractivity contribution in [3.8, 4) is 0 Å². The molecule has 1 rings (SSSR count). The molecule has 0 saturated heterocycles. The normalized spacial score (nSPS) is 10.4. The van der Waals surface area contributed by atoms with Gasteiger partial charge in [0.15, 0.2) is 12.1 Å². The van der Waals surface area contributed by atoms with E-state index >= 15 is 0 Å². The Kier molecular flexibility index (Phi) is 2.58. The summed E-state index contributed by atoms with van der Waals surface area (Å²) < 4.78 is 0. The minimum atomic E-state index is -0.0103. The third-order valence-electron chi connectivity index (χ3n) is 1.37. The number of carbonyl (C=O) groups excluding carboxylic acids is 2. The summed E-state index contributed by atoms with van der Waals surface area (Å²) in [6.07, 6.45) is 5.51. The summed E-state index contributed by atoms with van der Waals surface area (Å²) in [6, 6.07) is 1.67. The number of hydrogen-bond acceptors (Lipinski definition) is 2. The number of hydrogen-bond donors (Lipinski definition) is 1. The molecular formula is C9H9NO2. The lowest BCUT2D eigenvalue weighted by Crippen LogP contribution is -1.78. The van der Waals surface area contributed by atoms with Gasteiger partial charge in [-0.2, -0.15) is 0 Å². The first-order valence-corrected chi connectivity index (χ1v) is 3.54. The van der Waals surface area contributed by atoms with Crippen molar-refractivity contribution in [3.05, 3.63) is 29.6 Å². The summed E-state index contributed by atoms with van der Waals surface area (Å²) in [6.45, 7) is 1.48. The summed E-state index contributed by atoms with van der Waals surface area (Å²) in [4.78, 5) is 23.5. The van der Waals surface area contributed by atoms with Crippen LogP contribution in [0.25, 0.3) is 6.08 Å². The second-order valence-electron chi connectivity index (χ2n) is 2.45. The Bertz CT molecular complexity index is 323. The van der Waals surface area contributed by atoms with Crippen molar-refractivity contribution >= 4 is 18.1 Å². The summed E-state index contributed by atoms with van der Waals surface area (Å²) >= 11 is 0. The van der Waals surface area contributed by atoms with E-state index in [0.717, 1.165) is 11.8 Å². The number of carbonyl (C=O) groups is 2. The maximum absolute atomic E-state index is 10.5. The molecule has 62 valence electrons. The van der Waals surface area contributed by atoms with Crippen LogP contribution in [0, 0.1) is 0 Å². The predicted octanol–water partition coefficient (Wildman–Crippen LogP) is 1.43. The van der Waals surface area contributed by atoms with Gasteiger partial charge in [-0.15, -0.1) is 0 Å². The van der Waals surface area contributed by atoms with Gasteiger partial charge in [0.05, 0.1) is 5.69 Å². The number of allylic oxidation sites excluding steroid dienone is 1. The lowest BCUT2D eigenvalue weighted by Gasteiger charge is -1.79. The van der Waals surface area contributed by atoms with Crippen LogP contribution >= 0.6 is 0 Å². The van der Waals surface area contributed by atoms with Gasteiger partial charge in [-0.1, -0.05) is 0 Å². The minimum Gasteiger partial charge on any atom is -0.358 e. The van der Waals surface area contributed by atoms with E-state index in [-0.39, 0.29) is 5.78 Å². The number of nitrogens with one attached hydrogen (secondary N) is 1. The Morgan fingerprint density at radius 1 is 1.58 bits per heavy atom. The van der Waals surface area contributed by atoms with E-state index in [1.54, 1.807) is 18.3 Å². The smallest absolute Gasteiger partial charge is 0.166 e. The van der Waals surface area contributed by atoms with Crippen molar-refractivity contribution in [2.75, 3.05) is 0 Å². The zero-order valence-corrected chi connectivity index (χ0v) is 6.70. The first-order valence-electron chi connectivity index (χ1n) is 3.54. The van der Waals surface area contributed by atoms with Crippen molar-refractivity contribution < 1.29 is 9.59 Å². The van der Waals surface area contributed by atoms with Crippen LogP contribution in [0.5, 0.6) is 0 Å². The van der Waals surface area contributed by atoms with E-state index in [0.29, 0.717) is 5.69 Å². The third-order valence-corrected chi connectivity index (χ3v) is 1.37. The predicted molar refractivity (Wildman–Crippen MR) is 45.9 cm³/mol. The van der Waals surface area contributed by atoms with Crippen molar-refractivity contribution in [1.82, 2.24) is 4.98 Å². The molecule has 1 aromatic rings. The molecule has 0 unspecified atom stereocenters. The highest BCUT2D eigenvalue weighted by Gasteiger charge is 1.93. The highest BCUT2D eigenvalue weighted by atomic mass is 16.1. The van der Waals surface area contributed by atoms with Gasteiger partial charge in [0.1, 0.15) is 0 Å². The average Bonchev–Trinajstić information content (AvgIpc) is 2.48. The zero-order valence-electron chi connectivity index (χ0n) is 6.70. The molecule has 0 amide bonds. The number of H-pyrrole nitrogens is 1. The van der Waals surface area contributed by atoms with Gasteiger partial charge in [-0.25, -0.2) is 0 Å². The van der Waals surface area contributed by atoms with Gasteiger partial charge in [-0.3, -0.25) is 9.59 Å². The maximum Gasteiger partial charge on any atom is 0.166 e. The highest BCUT2D eigenvalue weighted by molar-refractivity contribution is 5.91. The number of rotatable bonds is 3. The molecule has 0 fully saturated rings. The summed E-state index contributed by atoms with van der Waals surface area (Å²) in [5.41, 5.74) is 1.34. The molecule has 0 atom stereocenters. The maximum atomic E-state index is 10.5. The topological polar surface area (TPSA) is 49.9 Å². The first kappa shape index (κ1) is 8.46. The molecule has 3 heteroatoms. The molecule has 12 heavy (non-hydrogen) atoms.